The van der Waals surface area contributed by atoms with E-state index in [1.54, 1.807) is 142 Å². The van der Waals surface area contributed by atoms with Crippen molar-refractivity contribution in [3.63, 3.8) is 0 Å². The Hall–Kier alpha value is -13.3. The third kappa shape index (κ3) is 18.8. The predicted octanol–water partition coefficient (Wildman–Crippen LogP) is 18.5. The number of amides is 3. The van der Waals surface area contributed by atoms with Gasteiger partial charge in [0.25, 0.3) is 17.7 Å². The number of carbonyl (C=O) groups is 3. The predicted molar refractivity (Wildman–Crippen MR) is 488 cm³/mol. The van der Waals surface area contributed by atoms with Crippen LogP contribution in [0.5, 0.6) is 0 Å². The zero-order chi connectivity index (χ0) is 88.2. The first-order valence-corrected chi connectivity index (χ1v) is 45.8. The molecular formula is C99H87F3N14O7S4. The maximum Gasteiger partial charge on any atom is 0.256 e. The number of thiazole rings is 1. The van der Waals surface area contributed by atoms with E-state index >= 15 is 0 Å². The van der Waals surface area contributed by atoms with Crippen molar-refractivity contribution < 1.29 is 44.4 Å². The van der Waals surface area contributed by atoms with Gasteiger partial charge in [-0.15, -0.1) is 11.3 Å². The Morgan fingerprint density at radius 3 is 1.34 bits per heavy atom. The molecule has 127 heavy (non-hydrogen) atoms. The van der Waals surface area contributed by atoms with Crippen LogP contribution >= 0.6 is 22.9 Å². The summed E-state index contributed by atoms with van der Waals surface area (Å²) >= 11 is 3.07. The summed E-state index contributed by atoms with van der Waals surface area (Å²) < 4.78 is 104. The van der Waals surface area contributed by atoms with Crippen molar-refractivity contribution in [3.05, 3.63) is 380 Å². The number of fused-ring (bicyclic) bond motifs is 6. The normalized spacial score (nSPS) is 15.2. The van der Waals surface area contributed by atoms with Gasteiger partial charge in [0.05, 0.1) is 96.1 Å². The van der Waals surface area contributed by atoms with Gasteiger partial charge in [-0.3, -0.25) is 29.3 Å². The molecule has 0 atom stereocenters. The smallest absolute Gasteiger partial charge is 0.256 e. The molecule has 12 heterocycles. The van der Waals surface area contributed by atoms with Crippen molar-refractivity contribution in [3.8, 4) is 44.0 Å². The highest BCUT2D eigenvalue weighted by Crippen LogP contribution is 2.37. The number of benzene rings is 9. The minimum absolute atomic E-state index is 0.0791. The second-order valence-corrected chi connectivity index (χ2v) is 37.6. The SMILES string of the molecule is CN(C)c1ccc(-c2ccc(CN3Cc4ncccc4C3=O)c(F)c2)cc1.CN1CC=C(c2ccc(CN3Cc4ncccc4C3=O)c(F)c2)CC1.Cc1nc(-c2ccc(CN3Cc4ccccc4S3(=O)=O)cc2)cs1.Cn1cnc2ccc(-c3ccc(CN4Cc5ncccc5C4=O)c(F)c3)cc21.O=S1(=O)c2ccccc2CN1Cc1ccc(-c2ccns2)cc1. The van der Waals surface area contributed by atoms with E-state index in [4.69, 9.17) is 0 Å². The monoisotopic (exact) mass is 1770 g/mol. The molecule has 0 saturated carbocycles. The van der Waals surface area contributed by atoms with Crippen LogP contribution in [0.2, 0.25) is 0 Å². The van der Waals surface area contributed by atoms with Gasteiger partial charge >= 0.3 is 0 Å². The zero-order valence-corrected chi connectivity index (χ0v) is 73.4. The number of aryl methyl sites for hydroxylation is 2. The van der Waals surface area contributed by atoms with Crippen molar-refractivity contribution in [2.24, 2.45) is 7.05 Å². The van der Waals surface area contributed by atoms with Gasteiger partial charge in [-0.25, -0.2) is 44.3 Å². The molecular weight excluding hydrogens is 1680 g/mol. The second-order valence-electron chi connectivity index (χ2n) is 31.9. The second kappa shape index (κ2) is 37.1. The molecule has 9 aromatic carbocycles. The van der Waals surface area contributed by atoms with Crippen LogP contribution in [0.15, 0.2) is 289 Å². The summed E-state index contributed by atoms with van der Waals surface area (Å²) in [5.74, 6) is -1.16. The van der Waals surface area contributed by atoms with E-state index in [1.165, 1.54) is 37.8 Å². The Morgan fingerprint density at radius 2 is 0.898 bits per heavy atom. The van der Waals surface area contributed by atoms with Crippen LogP contribution in [0.1, 0.15) is 104 Å². The van der Waals surface area contributed by atoms with Gasteiger partial charge in [0, 0.05) is 138 Å². The van der Waals surface area contributed by atoms with E-state index in [-0.39, 0.29) is 54.8 Å². The number of rotatable bonds is 16. The summed E-state index contributed by atoms with van der Waals surface area (Å²) in [5.41, 5.74) is 21.1. The van der Waals surface area contributed by atoms with Crippen LogP contribution in [0.4, 0.5) is 18.9 Å². The third-order valence-corrected chi connectivity index (χ3v) is 28.5. The number of carbonyl (C=O) groups excluding carboxylic acids is 3. The fraction of sp³-hybridized carbons (Fsp3) is 0.182. The number of pyridine rings is 3. The fourth-order valence-corrected chi connectivity index (χ4v) is 20.6. The Labute approximate surface area is 743 Å². The summed E-state index contributed by atoms with van der Waals surface area (Å²) in [6, 6.07) is 72.4. The molecule has 21 rings (SSSR count). The number of imidazole rings is 1. The Kier molecular flexibility index (Phi) is 25.1. The molecule has 0 saturated heterocycles. The van der Waals surface area contributed by atoms with Gasteiger partial charge in [0.1, 0.15) is 17.5 Å². The standard InChI is InChI=1S/C22H17FN4O.C22H20FN3O.C20H20FN3O.C18H16N2O2S2.C17H14N2O2S2/c1-26-13-25-19-7-6-15(10-21(19)26)14-4-5-16(18(23)9-14)11-27-12-20-17(22(27)28)3-2-8-24-20;1-25(2)18-9-7-15(8-10-18)16-5-6-17(20(23)12-16)13-26-14-21-19(22(26)27)4-3-11-24-21;1-23-9-6-14(7-10-23)15-4-5-16(18(21)11-15)12-24-13-19-17(20(24)25)3-2-8-22-19;1-13-19-17(12-23-13)15-8-6-14(7-9-15)10-20-11-16-4-2-3-5-18(16)24(20,21)22;20-23(21)17-4-2-1-3-15(17)12-19(23)11-13-5-7-14(8-6-13)16-9-10-18-22-16/h2-10,13H,11-12H2,1H3;3-12H,13-14H2,1-2H3;2-6,8,11H,7,9-10,12-13H2,1H3;2-9,12H,10-11H2,1H3;1-10H,11-12H2. The molecule has 15 aromatic rings. The van der Waals surface area contributed by atoms with E-state index in [2.05, 4.69) is 47.3 Å². The van der Waals surface area contributed by atoms with Crippen LogP contribution in [-0.2, 0) is 92.5 Å². The number of halogens is 3. The number of likely N-dealkylation sites (N-methyl/N-ethyl adjacent to an activating group) is 1. The molecule has 6 aromatic heterocycles. The Bertz CT molecular complexity index is 6930. The quantitative estimate of drug-likeness (QED) is 0.0877. The lowest BCUT2D eigenvalue weighted by Crippen LogP contribution is -2.24. The molecule has 0 aliphatic carbocycles. The number of aromatic nitrogens is 7. The Morgan fingerprint density at radius 1 is 0.449 bits per heavy atom. The summed E-state index contributed by atoms with van der Waals surface area (Å²) in [4.78, 5) is 70.0. The van der Waals surface area contributed by atoms with Crippen LogP contribution < -0.4 is 4.90 Å². The molecule has 640 valence electrons. The van der Waals surface area contributed by atoms with Crippen molar-refractivity contribution in [2.75, 3.05) is 39.1 Å². The molecule has 0 N–H and O–H groups in total. The highest BCUT2D eigenvalue weighted by molar-refractivity contribution is 7.89. The summed E-state index contributed by atoms with van der Waals surface area (Å²) in [7, 11) is 1.23. The zero-order valence-electron chi connectivity index (χ0n) is 70.1. The topological polar surface area (TPSA) is 224 Å². The first kappa shape index (κ1) is 85.8. The highest BCUT2D eigenvalue weighted by atomic mass is 32.2. The molecule has 0 unspecified atom stereocenters. The van der Waals surface area contributed by atoms with Crippen LogP contribution in [0, 0.1) is 24.4 Å². The molecule has 21 nitrogen and oxygen atoms in total. The van der Waals surface area contributed by atoms with E-state index in [9.17, 15) is 44.4 Å². The first-order chi connectivity index (χ1) is 61.4. The number of nitrogens with zero attached hydrogens (tertiary/aromatic N) is 14. The molecule has 0 radical (unpaired) electrons. The van der Waals surface area contributed by atoms with Gasteiger partial charge in [-0.2, -0.15) is 8.61 Å². The number of anilines is 1. The van der Waals surface area contributed by atoms with Gasteiger partial charge in [-0.05, 0) is 190 Å². The Balaban J connectivity index is 0.000000112. The lowest BCUT2D eigenvalue weighted by atomic mass is 9.98. The molecule has 0 bridgehead atoms. The van der Waals surface area contributed by atoms with Crippen LogP contribution in [-0.4, -0.2) is 131 Å². The average Bonchev–Trinajstić information content (AvgIpc) is 1.62. The lowest BCUT2D eigenvalue weighted by Gasteiger charge is -2.22. The molecule has 6 aliphatic rings. The fourth-order valence-electron chi connectivity index (χ4n) is 16.1. The average molecular weight is 1770 g/mol. The maximum absolute atomic E-state index is 14.8. The van der Waals surface area contributed by atoms with E-state index < -0.39 is 20.0 Å². The summed E-state index contributed by atoms with van der Waals surface area (Å²) in [6.07, 6.45) is 11.7. The molecule has 3 amide bonds. The summed E-state index contributed by atoms with van der Waals surface area (Å²) in [5, 5.41) is 3.07. The summed E-state index contributed by atoms with van der Waals surface area (Å²) in [6.45, 7) is 7.51. The van der Waals surface area contributed by atoms with Gasteiger partial charge in [0.15, 0.2) is 0 Å². The van der Waals surface area contributed by atoms with E-state index in [0.29, 0.717) is 89.0 Å². The third-order valence-electron chi connectivity index (χ3n) is 23.2. The molecule has 28 heteroatoms. The van der Waals surface area contributed by atoms with Crippen molar-refractivity contribution in [2.45, 2.75) is 88.6 Å². The minimum Gasteiger partial charge on any atom is -0.378 e. The van der Waals surface area contributed by atoms with E-state index in [0.717, 1.165) is 130 Å². The van der Waals surface area contributed by atoms with Crippen molar-refractivity contribution in [1.82, 2.24) is 62.1 Å². The molecule has 0 spiro atoms. The molecule has 6 aliphatic heterocycles. The van der Waals surface area contributed by atoms with Gasteiger partial charge in [-0.1, -0.05) is 146 Å². The minimum atomic E-state index is -3.38. The van der Waals surface area contributed by atoms with Gasteiger partial charge < -0.3 is 29.1 Å². The van der Waals surface area contributed by atoms with Crippen molar-refractivity contribution >= 4 is 82.9 Å². The molecule has 0 fully saturated rings. The van der Waals surface area contributed by atoms with E-state index in [1.807, 2.05) is 182 Å². The van der Waals surface area contributed by atoms with Gasteiger partial charge in [0.2, 0.25) is 20.0 Å². The number of hydrogen-bond donors (Lipinski definition) is 0. The first-order valence-electron chi connectivity index (χ1n) is 41.2. The number of sulfonamides is 2. The largest absolute Gasteiger partial charge is 0.378 e. The van der Waals surface area contributed by atoms with Crippen LogP contribution in [0.25, 0.3) is 60.6 Å². The highest BCUT2D eigenvalue weighted by Gasteiger charge is 2.37. The number of hydrogen-bond acceptors (Lipinski definition) is 17. The van der Waals surface area contributed by atoms with Crippen LogP contribution in [0.3, 0.4) is 0 Å². The van der Waals surface area contributed by atoms with Crippen molar-refractivity contribution in [1.29, 1.82) is 0 Å². The lowest BCUT2D eigenvalue weighted by molar-refractivity contribution is 0.0757. The maximum atomic E-state index is 14.8.